The maximum Gasteiger partial charge on any atom is 0.490 e. The first kappa shape index (κ1) is 28.7. The molecule has 1 N–H and O–H groups in total. The van der Waals surface area contributed by atoms with Gasteiger partial charge in [0.25, 0.3) is 0 Å². The van der Waals surface area contributed by atoms with Crippen molar-refractivity contribution in [3.05, 3.63) is 35.9 Å². The highest BCUT2D eigenvalue weighted by atomic mass is 19.4. The number of aliphatic carboxylic acids is 1. The van der Waals surface area contributed by atoms with E-state index >= 15 is 0 Å². The number of benzene rings is 1. The van der Waals surface area contributed by atoms with Crippen molar-refractivity contribution >= 4 is 18.0 Å². The summed E-state index contributed by atoms with van der Waals surface area (Å²) in [6.45, 7) is 0.864. The minimum absolute atomic E-state index is 0.105. The zero-order valence-electron chi connectivity index (χ0n) is 21.1. The van der Waals surface area contributed by atoms with Crippen LogP contribution in [-0.4, -0.2) is 96.6 Å². The molecule has 0 unspecified atom stereocenters. The number of carbonyl (C=O) groups excluding carboxylic acids is 2. The molecule has 37 heavy (non-hydrogen) atoms. The van der Waals surface area contributed by atoms with Gasteiger partial charge in [-0.25, -0.2) is 9.59 Å². The first-order chi connectivity index (χ1) is 17.4. The fourth-order valence-electron chi connectivity index (χ4n) is 5.54. The number of alkyl halides is 3. The number of esters is 1. The number of carboxylic acid groups (broad SMARTS) is 1. The van der Waals surface area contributed by atoms with E-state index < -0.39 is 35.9 Å². The summed E-state index contributed by atoms with van der Waals surface area (Å²) in [6, 6.07) is 9.13. The largest absolute Gasteiger partial charge is 0.490 e. The molecule has 0 atom stereocenters. The number of nitrogens with zero attached hydrogens (tertiary/aromatic N) is 3. The maximum atomic E-state index is 13.3. The predicted octanol–water partition coefficient (Wildman–Crippen LogP) is 3.44. The van der Waals surface area contributed by atoms with E-state index in [1.807, 2.05) is 35.2 Å². The average Bonchev–Trinajstić information content (AvgIpc) is 3.12. The quantitative estimate of drug-likeness (QED) is 0.266. The fourth-order valence-corrected chi connectivity index (χ4v) is 5.54. The molecule has 2 amide bonds. The second kappa shape index (κ2) is 11.7. The van der Waals surface area contributed by atoms with Gasteiger partial charge >= 0.3 is 24.1 Å². The lowest BCUT2D eigenvalue weighted by atomic mass is 9.68. The molecule has 1 saturated carbocycles. The Hall–Kier alpha value is -2.86. The Balaban J connectivity index is 1.84. The van der Waals surface area contributed by atoms with Crippen molar-refractivity contribution in [3.8, 4) is 0 Å². The van der Waals surface area contributed by atoms with Gasteiger partial charge in [0.2, 0.25) is 0 Å². The molecular formula is C25H34F3N3O6. The molecule has 0 aromatic heterocycles. The van der Waals surface area contributed by atoms with E-state index in [2.05, 4.69) is 4.74 Å². The number of hydrogen-bond acceptors (Lipinski definition) is 6. The van der Waals surface area contributed by atoms with Crippen LogP contribution in [0.2, 0.25) is 0 Å². The standard InChI is InChI=1S/C25H34F3N3O6/c1-29(18-37-21(34)25(26,27)28)24(19-7-4-3-5-8-19)12-10-23(11-13-24)17-30(15-9-20(32)33)22(35)31(23)14-6-16-36-2/h3-5,7-8H,6,9-18H2,1-2H3,(H,32,33)/t23-,24+. The molecule has 1 aliphatic heterocycles. The summed E-state index contributed by atoms with van der Waals surface area (Å²) < 4.78 is 47.9. The number of carboxylic acids is 1. The van der Waals surface area contributed by atoms with E-state index in [4.69, 9.17) is 9.84 Å². The zero-order chi connectivity index (χ0) is 27.3. The number of hydrogen-bond donors (Lipinski definition) is 1. The summed E-state index contributed by atoms with van der Waals surface area (Å²) in [5.74, 6) is -3.23. The normalized spacial score (nSPS) is 24.2. The monoisotopic (exact) mass is 529 g/mol. The number of methoxy groups -OCH3 is 1. The van der Waals surface area contributed by atoms with Gasteiger partial charge in [0.05, 0.1) is 12.0 Å². The number of rotatable bonds is 11. The van der Waals surface area contributed by atoms with Gasteiger partial charge in [0.1, 0.15) is 6.73 Å². The third-order valence-electron chi connectivity index (χ3n) is 7.56. The summed E-state index contributed by atoms with van der Waals surface area (Å²) in [7, 11) is 3.21. The maximum absolute atomic E-state index is 13.3. The van der Waals surface area contributed by atoms with Crippen molar-refractivity contribution in [2.75, 3.05) is 47.1 Å². The Labute approximate surface area is 214 Å². The van der Waals surface area contributed by atoms with E-state index in [1.54, 1.807) is 24.0 Å². The average molecular weight is 530 g/mol. The lowest BCUT2D eigenvalue weighted by molar-refractivity contribution is -0.206. The van der Waals surface area contributed by atoms with Gasteiger partial charge < -0.3 is 24.4 Å². The first-order valence-electron chi connectivity index (χ1n) is 12.2. The molecule has 206 valence electrons. The Morgan fingerprint density at radius 3 is 2.32 bits per heavy atom. The van der Waals surface area contributed by atoms with E-state index in [0.717, 1.165) is 5.56 Å². The van der Waals surface area contributed by atoms with Crippen molar-refractivity contribution in [3.63, 3.8) is 0 Å². The second-order valence-electron chi connectivity index (χ2n) is 9.72. The smallest absolute Gasteiger partial charge is 0.481 e. The molecule has 1 aliphatic carbocycles. The fraction of sp³-hybridized carbons (Fsp3) is 0.640. The molecule has 2 aliphatic rings. The van der Waals surface area contributed by atoms with Crippen LogP contribution in [0.1, 0.15) is 44.1 Å². The van der Waals surface area contributed by atoms with Gasteiger partial charge in [-0.2, -0.15) is 13.2 Å². The molecule has 3 rings (SSSR count). The van der Waals surface area contributed by atoms with Gasteiger partial charge in [-0.15, -0.1) is 0 Å². The van der Waals surface area contributed by atoms with Gasteiger partial charge in [-0.05, 0) is 44.7 Å². The Kier molecular flexibility index (Phi) is 9.06. The number of amides is 2. The van der Waals surface area contributed by atoms with Crippen molar-refractivity contribution in [2.24, 2.45) is 0 Å². The van der Waals surface area contributed by atoms with Gasteiger partial charge in [-0.1, -0.05) is 30.3 Å². The highest BCUT2D eigenvalue weighted by molar-refractivity contribution is 5.79. The number of halogens is 3. The van der Waals surface area contributed by atoms with Crippen molar-refractivity contribution in [1.82, 2.24) is 14.7 Å². The minimum atomic E-state index is -5.08. The SMILES string of the molecule is COCCCN1C(=O)N(CCC(=O)O)C[C@]12CC[C@](c1ccccc1)(N(C)COC(=O)C(F)(F)F)CC2. The number of ether oxygens (including phenoxy) is 2. The Morgan fingerprint density at radius 1 is 1.11 bits per heavy atom. The highest BCUT2D eigenvalue weighted by Crippen LogP contribution is 2.49. The minimum Gasteiger partial charge on any atom is -0.481 e. The van der Waals surface area contributed by atoms with Gasteiger partial charge in [-0.3, -0.25) is 9.69 Å². The molecule has 1 aromatic carbocycles. The molecule has 12 heteroatoms. The Morgan fingerprint density at radius 2 is 1.76 bits per heavy atom. The second-order valence-corrected chi connectivity index (χ2v) is 9.72. The molecule has 1 heterocycles. The van der Waals surface area contributed by atoms with Crippen LogP contribution in [0.4, 0.5) is 18.0 Å². The molecule has 1 spiro atoms. The van der Waals surface area contributed by atoms with Crippen LogP contribution in [0.15, 0.2) is 30.3 Å². The number of carbonyl (C=O) groups is 3. The van der Waals surface area contributed by atoms with E-state index in [-0.39, 0.29) is 19.0 Å². The van der Waals surface area contributed by atoms with Crippen LogP contribution >= 0.6 is 0 Å². The van der Waals surface area contributed by atoms with Gasteiger partial charge in [0.15, 0.2) is 0 Å². The molecule has 9 nitrogen and oxygen atoms in total. The number of urea groups is 1. The molecule has 0 radical (unpaired) electrons. The van der Waals surface area contributed by atoms with E-state index in [1.165, 1.54) is 0 Å². The third-order valence-corrected chi connectivity index (χ3v) is 7.56. The first-order valence-corrected chi connectivity index (χ1v) is 12.2. The summed E-state index contributed by atoms with van der Waals surface area (Å²) in [5.41, 5.74) is -0.368. The molecular weight excluding hydrogens is 495 g/mol. The van der Waals surface area contributed by atoms with Crippen LogP contribution in [0.3, 0.4) is 0 Å². The van der Waals surface area contributed by atoms with E-state index in [0.29, 0.717) is 51.8 Å². The van der Waals surface area contributed by atoms with Crippen molar-refractivity contribution < 1.29 is 42.1 Å². The van der Waals surface area contributed by atoms with Crippen LogP contribution in [0.25, 0.3) is 0 Å². The molecule has 2 fully saturated rings. The third kappa shape index (κ3) is 6.35. The van der Waals surface area contributed by atoms with Gasteiger partial charge in [0, 0.05) is 38.9 Å². The molecule has 1 saturated heterocycles. The van der Waals surface area contributed by atoms with Crippen LogP contribution in [0, 0.1) is 0 Å². The topological polar surface area (TPSA) is 99.6 Å². The van der Waals surface area contributed by atoms with Crippen LogP contribution in [0.5, 0.6) is 0 Å². The van der Waals surface area contributed by atoms with Crippen LogP contribution in [-0.2, 0) is 24.6 Å². The summed E-state index contributed by atoms with van der Waals surface area (Å²) in [4.78, 5) is 40.8. The molecule has 1 aromatic rings. The Bertz CT molecular complexity index is 951. The summed E-state index contributed by atoms with van der Waals surface area (Å²) >= 11 is 0. The summed E-state index contributed by atoms with van der Waals surface area (Å²) in [5, 5.41) is 9.12. The highest BCUT2D eigenvalue weighted by Gasteiger charge is 2.54. The predicted molar refractivity (Wildman–Crippen MR) is 127 cm³/mol. The zero-order valence-corrected chi connectivity index (χ0v) is 21.1. The lowest BCUT2D eigenvalue weighted by Crippen LogP contribution is -2.56. The lowest BCUT2D eigenvalue weighted by Gasteiger charge is -2.51. The summed E-state index contributed by atoms with van der Waals surface area (Å²) in [6.07, 6.45) is -2.54. The van der Waals surface area contributed by atoms with Crippen LogP contribution < -0.4 is 0 Å². The van der Waals surface area contributed by atoms with E-state index in [9.17, 15) is 27.6 Å². The van der Waals surface area contributed by atoms with Crippen molar-refractivity contribution in [1.29, 1.82) is 0 Å². The van der Waals surface area contributed by atoms with Crippen molar-refractivity contribution in [2.45, 2.75) is 55.8 Å². The molecule has 0 bridgehead atoms.